The minimum absolute atomic E-state index is 0.225. The second kappa shape index (κ2) is 6.70. The van der Waals surface area contributed by atoms with Crippen molar-refractivity contribution in [2.24, 2.45) is 4.99 Å². The zero-order valence-corrected chi connectivity index (χ0v) is 15.0. The van der Waals surface area contributed by atoms with E-state index in [0.29, 0.717) is 28.9 Å². The standard InChI is InChI=1S/C23H16N4O/c28-23(27-20-9-4-12-24-20)19-11-10-18(21-22(19)26-14-13-25-21)17-8-3-6-15-5-1-2-7-16(15)17/h1-8,10-14H,9H2,(H,24,27,28). The third-order valence-corrected chi connectivity index (χ3v) is 4.85. The Bertz CT molecular complexity index is 1290. The van der Waals surface area contributed by atoms with Crippen LogP contribution in [0, 0.1) is 0 Å². The van der Waals surface area contributed by atoms with Gasteiger partial charge in [0.25, 0.3) is 5.91 Å². The summed E-state index contributed by atoms with van der Waals surface area (Å²) in [6, 6.07) is 18.2. The Labute approximate surface area is 161 Å². The van der Waals surface area contributed by atoms with E-state index in [0.717, 1.165) is 21.9 Å². The van der Waals surface area contributed by atoms with Gasteiger partial charge in [0.15, 0.2) is 0 Å². The van der Waals surface area contributed by atoms with Crippen LogP contribution >= 0.6 is 0 Å². The minimum atomic E-state index is -0.225. The Morgan fingerprint density at radius 2 is 1.68 bits per heavy atom. The smallest absolute Gasteiger partial charge is 0.258 e. The molecule has 4 aromatic rings. The maximum Gasteiger partial charge on any atom is 0.258 e. The van der Waals surface area contributed by atoms with E-state index in [-0.39, 0.29) is 5.91 Å². The molecule has 5 heteroatoms. The molecule has 1 N–H and O–H groups in total. The van der Waals surface area contributed by atoms with Gasteiger partial charge in [-0.15, -0.1) is 0 Å². The van der Waals surface area contributed by atoms with Crippen molar-refractivity contribution in [1.29, 1.82) is 0 Å². The average Bonchev–Trinajstić information content (AvgIpc) is 3.25. The molecule has 5 rings (SSSR count). The number of nitrogens with zero attached hydrogens (tertiary/aromatic N) is 3. The maximum absolute atomic E-state index is 12.8. The molecule has 1 aliphatic heterocycles. The molecule has 0 unspecified atom stereocenters. The fourth-order valence-electron chi connectivity index (χ4n) is 3.56. The summed E-state index contributed by atoms with van der Waals surface area (Å²) in [6.07, 6.45) is 7.49. The summed E-state index contributed by atoms with van der Waals surface area (Å²) in [4.78, 5) is 26.0. The van der Waals surface area contributed by atoms with Gasteiger partial charge in [-0.1, -0.05) is 54.6 Å². The largest absolute Gasteiger partial charge is 0.310 e. The molecule has 1 amide bonds. The summed E-state index contributed by atoms with van der Waals surface area (Å²) in [7, 11) is 0. The number of hydrogen-bond donors (Lipinski definition) is 1. The summed E-state index contributed by atoms with van der Waals surface area (Å²) < 4.78 is 0. The average molecular weight is 364 g/mol. The molecule has 0 saturated carbocycles. The summed E-state index contributed by atoms with van der Waals surface area (Å²) >= 11 is 0. The van der Waals surface area contributed by atoms with Crippen LogP contribution in [-0.2, 0) is 0 Å². The van der Waals surface area contributed by atoms with Crippen molar-refractivity contribution in [3.05, 3.63) is 84.8 Å². The van der Waals surface area contributed by atoms with E-state index < -0.39 is 0 Å². The molecule has 134 valence electrons. The van der Waals surface area contributed by atoms with E-state index >= 15 is 0 Å². The van der Waals surface area contributed by atoms with Crippen molar-refractivity contribution in [2.45, 2.75) is 6.42 Å². The van der Waals surface area contributed by atoms with Crippen LogP contribution in [0.5, 0.6) is 0 Å². The lowest BCUT2D eigenvalue weighted by Gasteiger charge is -2.12. The van der Waals surface area contributed by atoms with Crippen molar-refractivity contribution in [3.8, 4) is 11.1 Å². The van der Waals surface area contributed by atoms with Crippen molar-refractivity contribution in [1.82, 2.24) is 15.3 Å². The molecule has 5 nitrogen and oxygen atoms in total. The highest BCUT2D eigenvalue weighted by atomic mass is 16.1. The van der Waals surface area contributed by atoms with Gasteiger partial charge in [-0.05, 0) is 22.4 Å². The molecule has 1 aromatic heterocycles. The normalized spacial score (nSPS) is 13.1. The van der Waals surface area contributed by atoms with E-state index in [2.05, 4.69) is 44.5 Å². The molecule has 28 heavy (non-hydrogen) atoms. The summed E-state index contributed by atoms with van der Waals surface area (Å²) in [5, 5.41) is 5.15. The Kier molecular flexibility index (Phi) is 3.91. The lowest BCUT2D eigenvalue weighted by atomic mass is 9.95. The summed E-state index contributed by atoms with van der Waals surface area (Å²) in [5.41, 5.74) is 3.80. The van der Waals surface area contributed by atoms with Crippen molar-refractivity contribution in [2.75, 3.05) is 0 Å². The zero-order chi connectivity index (χ0) is 18.9. The molecule has 2 heterocycles. The molecule has 0 fully saturated rings. The number of amidine groups is 1. The maximum atomic E-state index is 12.8. The van der Waals surface area contributed by atoms with Crippen molar-refractivity contribution in [3.63, 3.8) is 0 Å². The second-order valence-electron chi connectivity index (χ2n) is 6.56. The Morgan fingerprint density at radius 3 is 2.54 bits per heavy atom. The summed E-state index contributed by atoms with van der Waals surface area (Å²) in [5.74, 6) is 0.414. The number of aromatic nitrogens is 2. The van der Waals surface area contributed by atoms with E-state index in [1.165, 1.54) is 0 Å². The first-order chi connectivity index (χ1) is 13.8. The molecule has 0 spiro atoms. The van der Waals surface area contributed by atoms with Gasteiger partial charge >= 0.3 is 0 Å². The first kappa shape index (κ1) is 16.3. The Balaban J connectivity index is 1.67. The van der Waals surface area contributed by atoms with Gasteiger partial charge in [0.05, 0.1) is 11.1 Å². The lowest BCUT2D eigenvalue weighted by Crippen LogP contribution is -2.29. The molecule has 0 radical (unpaired) electrons. The number of carbonyl (C=O) groups is 1. The highest BCUT2D eigenvalue weighted by Gasteiger charge is 2.17. The van der Waals surface area contributed by atoms with Gasteiger partial charge < -0.3 is 5.32 Å². The van der Waals surface area contributed by atoms with Gasteiger partial charge in [-0.25, -0.2) is 4.99 Å². The van der Waals surface area contributed by atoms with Gasteiger partial charge in [-0.2, -0.15) is 0 Å². The number of carbonyl (C=O) groups excluding carboxylic acids is 1. The Hall–Kier alpha value is -3.86. The molecule has 0 saturated heterocycles. The topological polar surface area (TPSA) is 67.2 Å². The van der Waals surface area contributed by atoms with Crippen molar-refractivity contribution >= 4 is 33.5 Å². The van der Waals surface area contributed by atoms with Crippen LogP contribution in [-0.4, -0.2) is 21.7 Å². The minimum Gasteiger partial charge on any atom is -0.310 e. The number of hydrogen-bond acceptors (Lipinski definition) is 4. The monoisotopic (exact) mass is 364 g/mol. The predicted molar refractivity (Wildman–Crippen MR) is 111 cm³/mol. The first-order valence-electron chi connectivity index (χ1n) is 9.06. The molecular weight excluding hydrogens is 348 g/mol. The molecule has 3 aromatic carbocycles. The molecule has 1 aliphatic rings. The Morgan fingerprint density at radius 1 is 0.857 bits per heavy atom. The SMILES string of the molecule is O=C(NC1=NC=CC1)c1ccc(-c2cccc3ccccc23)c2nccnc12. The van der Waals surface area contributed by atoms with E-state index in [9.17, 15) is 4.79 Å². The van der Waals surface area contributed by atoms with Crippen LogP contribution in [0.15, 0.2) is 84.3 Å². The lowest BCUT2D eigenvalue weighted by molar-refractivity contribution is 0.0978. The van der Waals surface area contributed by atoms with Gasteiger partial charge in [0, 0.05) is 30.6 Å². The third-order valence-electron chi connectivity index (χ3n) is 4.85. The molecular formula is C23H16N4O. The van der Waals surface area contributed by atoms with Crippen LogP contribution in [0.3, 0.4) is 0 Å². The van der Waals surface area contributed by atoms with E-state index in [1.807, 2.05) is 36.4 Å². The quantitative estimate of drug-likeness (QED) is 0.570. The number of fused-ring (bicyclic) bond motifs is 2. The van der Waals surface area contributed by atoms with Crippen molar-refractivity contribution < 1.29 is 4.79 Å². The van der Waals surface area contributed by atoms with Gasteiger partial charge in [0.2, 0.25) is 0 Å². The fourth-order valence-corrected chi connectivity index (χ4v) is 3.56. The zero-order valence-electron chi connectivity index (χ0n) is 15.0. The van der Waals surface area contributed by atoms with Crippen LogP contribution in [0.4, 0.5) is 0 Å². The van der Waals surface area contributed by atoms with E-state index in [4.69, 9.17) is 0 Å². The number of nitrogens with one attached hydrogen (secondary N) is 1. The van der Waals surface area contributed by atoms with Crippen LogP contribution in [0.2, 0.25) is 0 Å². The van der Waals surface area contributed by atoms with Crippen LogP contribution in [0.25, 0.3) is 32.9 Å². The first-order valence-corrected chi connectivity index (χ1v) is 9.06. The molecule has 0 atom stereocenters. The number of aliphatic imine (C=N–C) groups is 1. The number of amides is 1. The third kappa shape index (κ3) is 2.74. The van der Waals surface area contributed by atoms with Crippen LogP contribution < -0.4 is 5.32 Å². The fraction of sp³-hybridized carbons (Fsp3) is 0.0435. The predicted octanol–water partition coefficient (Wildman–Crippen LogP) is 4.50. The molecule has 0 aliphatic carbocycles. The highest BCUT2D eigenvalue weighted by molar-refractivity contribution is 6.15. The van der Waals surface area contributed by atoms with Gasteiger partial charge in [-0.3, -0.25) is 14.8 Å². The highest BCUT2D eigenvalue weighted by Crippen LogP contribution is 2.33. The second-order valence-corrected chi connectivity index (χ2v) is 6.56. The number of rotatable bonds is 2. The summed E-state index contributed by atoms with van der Waals surface area (Å²) in [6.45, 7) is 0. The van der Waals surface area contributed by atoms with Crippen LogP contribution in [0.1, 0.15) is 16.8 Å². The van der Waals surface area contributed by atoms with E-state index in [1.54, 1.807) is 18.6 Å². The molecule has 0 bridgehead atoms. The van der Waals surface area contributed by atoms with Gasteiger partial charge in [0.1, 0.15) is 11.4 Å². The number of benzene rings is 3.